The smallest absolute Gasteiger partial charge is 0.408 e. The molecule has 0 unspecified atom stereocenters. The highest BCUT2D eigenvalue weighted by Crippen LogP contribution is 2.16. The van der Waals surface area contributed by atoms with E-state index in [1.807, 2.05) is 12.1 Å². The summed E-state index contributed by atoms with van der Waals surface area (Å²) in [6.07, 6.45) is 2.95. The van der Waals surface area contributed by atoms with Crippen molar-refractivity contribution in [2.24, 2.45) is 5.73 Å². The van der Waals surface area contributed by atoms with Crippen LogP contribution in [0.5, 0.6) is 0 Å². The highest BCUT2D eigenvalue weighted by atomic mass is 16.4. The number of para-hydroxylation sites is 1. The van der Waals surface area contributed by atoms with Gasteiger partial charge in [0.2, 0.25) is 0 Å². The van der Waals surface area contributed by atoms with Crippen molar-refractivity contribution in [3.8, 4) is 0 Å². The van der Waals surface area contributed by atoms with Gasteiger partial charge in [-0.25, -0.2) is 4.79 Å². The number of hydrogen-bond acceptors (Lipinski definition) is 3. The maximum absolute atomic E-state index is 11.0. The zero-order valence-corrected chi connectivity index (χ0v) is 8.45. The van der Waals surface area contributed by atoms with Crippen molar-refractivity contribution in [1.29, 1.82) is 0 Å². The fraction of sp³-hybridized carbons (Fsp3) is 0.364. The highest BCUT2D eigenvalue weighted by molar-refractivity contribution is 5.75. The molecule has 1 heterocycles. The van der Waals surface area contributed by atoms with Crippen LogP contribution in [0, 0.1) is 0 Å². The van der Waals surface area contributed by atoms with Crippen molar-refractivity contribution >= 4 is 11.1 Å². The molecule has 0 fully saturated rings. The van der Waals surface area contributed by atoms with Crippen molar-refractivity contribution in [3.63, 3.8) is 0 Å². The van der Waals surface area contributed by atoms with E-state index in [0.29, 0.717) is 12.1 Å². The van der Waals surface area contributed by atoms with Crippen molar-refractivity contribution in [1.82, 2.24) is 4.98 Å². The molecule has 2 aromatic rings. The van der Waals surface area contributed by atoms with Crippen LogP contribution in [0.2, 0.25) is 0 Å². The third-order valence-electron chi connectivity index (χ3n) is 2.44. The van der Waals surface area contributed by atoms with E-state index < -0.39 is 5.76 Å². The number of rotatable bonds is 4. The number of fused-ring (bicyclic) bond motifs is 1. The molecule has 0 saturated carbocycles. The number of aromatic amines is 1. The molecular formula is C11H14N2O2. The lowest BCUT2D eigenvalue weighted by molar-refractivity contribution is 0.555. The van der Waals surface area contributed by atoms with Gasteiger partial charge in [-0.1, -0.05) is 12.1 Å². The lowest BCUT2D eigenvalue weighted by Gasteiger charge is -2.00. The molecule has 4 nitrogen and oxygen atoms in total. The zero-order valence-electron chi connectivity index (χ0n) is 8.45. The summed E-state index contributed by atoms with van der Waals surface area (Å²) in [7, 11) is 0. The van der Waals surface area contributed by atoms with Gasteiger partial charge in [0.15, 0.2) is 5.58 Å². The van der Waals surface area contributed by atoms with Gasteiger partial charge in [-0.3, -0.25) is 4.98 Å². The van der Waals surface area contributed by atoms with Gasteiger partial charge in [0, 0.05) is 0 Å². The van der Waals surface area contributed by atoms with E-state index in [9.17, 15) is 4.79 Å². The molecule has 0 aliphatic rings. The number of oxazole rings is 1. The van der Waals surface area contributed by atoms with Gasteiger partial charge in [-0.15, -0.1) is 0 Å². The first-order chi connectivity index (χ1) is 7.31. The molecule has 2 rings (SSSR count). The molecule has 1 aromatic heterocycles. The summed E-state index contributed by atoms with van der Waals surface area (Å²) in [4.78, 5) is 13.7. The molecule has 15 heavy (non-hydrogen) atoms. The van der Waals surface area contributed by atoms with Crippen LogP contribution in [0.1, 0.15) is 18.4 Å². The Bertz CT molecular complexity index is 499. The van der Waals surface area contributed by atoms with Gasteiger partial charge in [0.1, 0.15) is 0 Å². The van der Waals surface area contributed by atoms with Crippen molar-refractivity contribution in [2.75, 3.05) is 6.54 Å². The fourth-order valence-electron chi connectivity index (χ4n) is 1.70. The topological polar surface area (TPSA) is 72.0 Å². The van der Waals surface area contributed by atoms with Crippen LogP contribution in [0.15, 0.2) is 27.4 Å². The monoisotopic (exact) mass is 206 g/mol. The van der Waals surface area contributed by atoms with E-state index in [1.165, 1.54) is 0 Å². The number of H-pyrrole nitrogens is 1. The number of aromatic nitrogens is 1. The summed E-state index contributed by atoms with van der Waals surface area (Å²) in [6, 6.07) is 5.70. The average Bonchev–Trinajstić information content (AvgIpc) is 2.59. The maximum atomic E-state index is 11.0. The van der Waals surface area contributed by atoms with Gasteiger partial charge in [-0.05, 0) is 37.4 Å². The lowest BCUT2D eigenvalue weighted by atomic mass is 10.1. The van der Waals surface area contributed by atoms with Gasteiger partial charge in [-0.2, -0.15) is 0 Å². The quantitative estimate of drug-likeness (QED) is 0.743. The molecule has 4 heteroatoms. The second-order valence-corrected chi connectivity index (χ2v) is 3.55. The number of benzene rings is 1. The van der Waals surface area contributed by atoms with Crippen LogP contribution in [0.25, 0.3) is 11.1 Å². The molecule has 3 N–H and O–H groups in total. The van der Waals surface area contributed by atoms with Crippen LogP contribution >= 0.6 is 0 Å². The van der Waals surface area contributed by atoms with Crippen LogP contribution in [0.3, 0.4) is 0 Å². The predicted molar refractivity (Wildman–Crippen MR) is 58.8 cm³/mol. The van der Waals surface area contributed by atoms with Crippen LogP contribution < -0.4 is 11.5 Å². The zero-order chi connectivity index (χ0) is 10.7. The second kappa shape index (κ2) is 4.31. The Morgan fingerprint density at radius 2 is 2.20 bits per heavy atom. The largest absolute Gasteiger partial charge is 0.417 e. The number of nitrogens with two attached hydrogens (primary N) is 1. The summed E-state index contributed by atoms with van der Waals surface area (Å²) in [6.45, 7) is 0.706. The molecule has 80 valence electrons. The number of unbranched alkanes of at least 4 members (excludes halogenated alkanes) is 1. The van der Waals surface area contributed by atoms with E-state index >= 15 is 0 Å². The molecule has 0 bridgehead atoms. The van der Waals surface area contributed by atoms with E-state index in [0.717, 1.165) is 30.3 Å². The third kappa shape index (κ3) is 2.10. The molecule has 0 aliphatic heterocycles. The summed E-state index contributed by atoms with van der Waals surface area (Å²) in [5, 5.41) is 0. The standard InChI is InChI=1S/C11H14N2O2/c12-7-2-1-4-8-5-3-6-9-10(8)13-11(14)15-9/h3,5-6H,1-2,4,7,12H2,(H,13,14). The van der Waals surface area contributed by atoms with Gasteiger partial charge in [0.05, 0.1) is 5.52 Å². The first kappa shape index (κ1) is 9.98. The van der Waals surface area contributed by atoms with E-state index in [2.05, 4.69) is 4.98 Å². The summed E-state index contributed by atoms with van der Waals surface area (Å²) in [5.74, 6) is -0.392. The summed E-state index contributed by atoms with van der Waals surface area (Å²) >= 11 is 0. The summed E-state index contributed by atoms with van der Waals surface area (Å²) < 4.78 is 4.98. The lowest BCUT2D eigenvalue weighted by Crippen LogP contribution is -1.99. The highest BCUT2D eigenvalue weighted by Gasteiger charge is 2.05. The van der Waals surface area contributed by atoms with Crippen LogP contribution in [-0.2, 0) is 6.42 Å². The Kier molecular flexibility index (Phi) is 2.87. The van der Waals surface area contributed by atoms with Crippen molar-refractivity contribution in [2.45, 2.75) is 19.3 Å². The first-order valence-electron chi connectivity index (χ1n) is 5.12. The molecule has 1 aromatic carbocycles. The van der Waals surface area contributed by atoms with E-state index in [4.69, 9.17) is 10.2 Å². The number of nitrogens with one attached hydrogen (secondary N) is 1. The average molecular weight is 206 g/mol. The van der Waals surface area contributed by atoms with Crippen LogP contribution in [-0.4, -0.2) is 11.5 Å². The van der Waals surface area contributed by atoms with Crippen LogP contribution in [0.4, 0.5) is 0 Å². The molecule has 0 spiro atoms. The number of aryl methyl sites for hydroxylation is 1. The predicted octanol–water partition coefficient (Wildman–Crippen LogP) is 1.40. The Balaban J connectivity index is 2.29. The molecule has 0 saturated heterocycles. The minimum absolute atomic E-state index is 0.392. The van der Waals surface area contributed by atoms with Gasteiger partial charge < -0.3 is 10.2 Å². The Morgan fingerprint density at radius 1 is 1.33 bits per heavy atom. The Labute approximate surface area is 87.1 Å². The molecule has 0 atom stereocenters. The first-order valence-corrected chi connectivity index (χ1v) is 5.12. The Morgan fingerprint density at radius 3 is 3.00 bits per heavy atom. The third-order valence-corrected chi connectivity index (χ3v) is 2.44. The van der Waals surface area contributed by atoms with E-state index in [1.54, 1.807) is 6.07 Å². The normalized spacial score (nSPS) is 11.0. The molecular weight excluding hydrogens is 192 g/mol. The summed E-state index contributed by atoms with van der Waals surface area (Å²) in [5.41, 5.74) is 8.00. The Hall–Kier alpha value is -1.55. The molecule has 0 amide bonds. The maximum Gasteiger partial charge on any atom is 0.417 e. The molecule has 0 aliphatic carbocycles. The SMILES string of the molecule is NCCCCc1cccc2oc(=O)[nH]c12. The van der Waals surface area contributed by atoms with Crippen molar-refractivity contribution in [3.05, 3.63) is 34.3 Å². The van der Waals surface area contributed by atoms with E-state index in [-0.39, 0.29) is 0 Å². The fourth-order valence-corrected chi connectivity index (χ4v) is 1.70. The number of hydrogen-bond donors (Lipinski definition) is 2. The minimum atomic E-state index is -0.392. The van der Waals surface area contributed by atoms with Crippen molar-refractivity contribution < 1.29 is 4.42 Å². The second-order valence-electron chi connectivity index (χ2n) is 3.55. The molecule has 0 radical (unpaired) electrons. The van der Waals surface area contributed by atoms with Gasteiger partial charge in [0.25, 0.3) is 0 Å². The minimum Gasteiger partial charge on any atom is -0.408 e. The van der Waals surface area contributed by atoms with Gasteiger partial charge >= 0.3 is 5.76 Å².